The Bertz CT molecular complexity index is 987. The number of benzene rings is 2. The second kappa shape index (κ2) is 7.27. The third kappa shape index (κ3) is 2.98. The molecule has 1 heterocycles. The van der Waals surface area contributed by atoms with Gasteiger partial charge >= 0.3 is 0 Å². The van der Waals surface area contributed by atoms with Crippen LogP contribution in [-0.4, -0.2) is 31.3 Å². The monoisotopic (exact) mass is 405 g/mol. The third-order valence-corrected chi connectivity index (χ3v) is 6.78. The van der Waals surface area contributed by atoms with E-state index in [1.54, 1.807) is 55.6 Å². The average Bonchev–Trinajstić information content (AvgIpc) is 3.46. The Morgan fingerprint density at radius 2 is 1.63 bits per heavy atom. The number of rotatable bonds is 6. The topological polar surface area (TPSA) is 72.9 Å². The second-order valence-corrected chi connectivity index (χ2v) is 8.33. The van der Waals surface area contributed by atoms with E-state index >= 15 is 0 Å². The van der Waals surface area contributed by atoms with E-state index in [1.165, 1.54) is 4.90 Å². The van der Waals surface area contributed by atoms with Crippen molar-refractivity contribution in [3.63, 3.8) is 0 Å². The van der Waals surface area contributed by atoms with E-state index < -0.39 is 0 Å². The first-order chi connectivity index (χ1) is 14.6. The zero-order valence-electron chi connectivity index (χ0n) is 16.7. The van der Waals surface area contributed by atoms with Crippen molar-refractivity contribution in [3.8, 4) is 11.5 Å². The van der Waals surface area contributed by atoms with Crippen LogP contribution in [-0.2, 0) is 9.59 Å². The summed E-state index contributed by atoms with van der Waals surface area (Å²) < 4.78 is 10.7. The SMILES string of the molecule is COc1cccc(C(=O)COc2ccc(N3C(=O)[C@@H]4[C@H]5CC[C@@H](C5)[C@@H]4C3=O)cc2)c1. The summed E-state index contributed by atoms with van der Waals surface area (Å²) in [5.74, 6) is 1.32. The number of ketones is 1. The fraction of sp³-hybridized carbons (Fsp3) is 0.375. The Morgan fingerprint density at radius 1 is 0.967 bits per heavy atom. The number of fused-ring (bicyclic) bond motifs is 5. The number of anilines is 1. The van der Waals surface area contributed by atoms with Crippen molar-refractivity contribution in [1.29, 1.82) is 0 Å². The number of ether oxygens (including phenoxy) is 2. The van der Waals surface area contributed by atoms with Crippen molar-refractivity contribution >= 4 is 23.3 Å². The largest absolute Gasteiger partial charge is 0.497 e. The number of methoxy groups -OCH3 is 1. The summed E-state index contributed by atoms with van der Waals surface area (Å²) in [5.41, 5.74) is 1.09. The molecule has 0 unspecified atom stereocenters. The molecule has 2 saturated carbocycles. The van der Waals surface area contributed by atoms with Crippen LogP contribution in [0.25, 0.3) is 0 Å². The molecule has 30 heavy (non-hydrogen) atoms. The highest BCUT2D eigenvalue weighted by Gasteiger charge is 2.61. The van der Waals surface area contributed by atoms with E-state index in [-0.39, 0.29) is 36.0 Å². The Hall–Kier alpha value is -3.15. The predicted molar refractivity (Wildman–Crippen MR) is 110 cm³/mol. The minimum Gasteiger partial charge on any atom is -0.497 e. The van der Waals surface area contributed by atoms with Gasteiger partial charge in [-0.3, -0.25) is 19.3 Å². The lowest BCUT2D eigenvalue weighted by Gasteiger charge is -2.19. The minimum absolute atomic E-state index is 0.0564. The molecule has 5 rings (SSSR count). The van der Waals surface area contributed by atoms with Crippen LogP contribution in [0.3, 0.4) is 0 Å². The summed E-state index contributed by atoms with van der Waals surface area (Å²) in [4.78, 5) is 39.5. The standard InChI is InChI=1S/C24H23NO5/c1-29-19-4-2-3-14(12-19)20(26)13-30-18-9-7-17(8-10-18)25-23(27)21-15-5-6-16(11-15)22(21)24(25)28/h2-4,7-10,12,15-16,21-22H,5-6,11,13H2,1H3/t15-,16-,21-,22+/m0/s1. The molecule has 0 spiro atoms. The van der Waals surface area contributed by atoms with Crippen molar-refractivity contribution in [1.82, 2.24) is 0 Å². The first-order valence-electron chi connectivity index (χ1n) is 10.3. The van der Waals surface area contributed by atoms with Crippen molar-refractivity contribution in [3.05, 3.63) is 54.1 Å². The predicted octanol–water partition coefficient (Wildman–Crippen LogP) is 3.49. The van der Waals surface area contributed by atoms with Gasteiger partial charge in [0.2, 0.25) is 11.8 Å². The van der Waals surface area contributed by atoms with Gasteiger partial charge in [-0.1, -0.05) is 12.1 Å². The highest BCUT2D eigenvalue weighted by atomic mass is 16.5. The Morgan fingerprint density at radius 3 is 2.27 bits per heavy atom. The highest BCUT2D eigenvalue weighted by Crippen LogP contribution is 2.56. The summed E-state index contributed by atoms with van der Waals surface area (Å²) in [5, 5.41) is 0. The maximum absolute atomic E-state index is 12.9. The number of nitrogens with zero attached hydrogens (tertiary/aromatic N) is 1. The lowest BCUT2D eigenvalue weighted by Crippen LogP contribution is -2.32. The average molecular weight is 405 g/mol. The molecule has 3 aliphatic rings. The van der Waals surface area contributed by atoms with Gasteiger partial charge in [-0.2, -0.15) is 0 Å². The molecule has 0 radical (unpaired) electrons. The van der Waals surface area contributed by atoms with Crippen molar-refractivity contribution in [2.24, 2.45) is 23.7 Å². The molecule has 0 aromatic heterocycles. The first-order valence-corrected chi connectivity index (χ1v) is 10.3. The van der Waals surface area contributed by atoms with Gasteiger partial charge in [0, 0.05) is 5.56 Å². The lowest BCUT2D eigenvalue weighted by molar-refractivity contribution is -0.123. The van der Waals surface area contributed by atoms with E-state index in [1.807, 2.05) is 0 Å². The summed E-state index contributed by atoms with van der Waals surface area (Å²) in [6, 6.07) is 13.7. The number of Topliss-reactive ketones (excluding diaryl/α,β-unsaturated/α-hetero) is 1. The van der Waals surface area contributed by atoms with Gasteiger partial charge in [-0.15, -0.1) is 0 Å². The molecule has 154 valence electrons. The van der Waals surface area contributed by atoms with E-state index in [0.717, 1.165) is 19.3 Å². The summed E-state index contributed by atoms with van der Waals surface area (Å²) in [7, 11) is 1.55. The molecule has 6 heteroatoms. The lowest BCUT2D eigenvalue weighted by atomic mass is 9.81. The fourth-order valence-electron chi connectivity index (χ4n) is 5.38. The van der Waals surface area contributed by atoms with Crippen LogP contribution in [0, 0.1) is 23.7 Å². The van der Waals surface area contributed by atoms with Crippen molar-refractivity contribution in [2.45, 2.75) is 19.3 Å². The van der Waals surface area contributed by atoms with Crippen molar-refractivity contribution < 1.29 is 23.9 Å². The van der Waals surface area contributed by atoms with E-state index in [9.17, 15) is 14.4 Å². The molecular weight excluding hydrogens is 382 g/mol. The van der Waals surface area contributed by atoms with Crippen molar-refractivity contribution in [2.75, 3.05) is 18.6 Å². The quantitative estimate of drug-likeness (QED) is 0.543. The molecule has 1 aliphatic heterocycles. The molecule has 2 amide bonds. The van der Waals surface area contributed by atoms with Crippen LogP contribution in [0.5, 0.6) is 11.5 Å². The van der Waals surface area contributed by atoms with Crippen LogP contribution in [0.4, 0.5) is 5.69 Å². The molecule has 2 aromatic rings. The van der Waals surface area contributed by atoms with E-state index in [0.29, 0.717) is 34.6 Å². The van der Waals surface area contributed by atoms with Crippen LogP contribution >= 0.6 is 0 Å². The number of carbonyl (C=O) groups is 3. The Kier molecular flexibility index (Phi) is 4.57. The number of hydrogen-bond acceptors (Lipinski definition) is 5. The van der Waals surface area contributed by atoms with Crippen LogP contribution < -0.4 is 14.4 Å². The van der Waals surface area contributed by atoms with Gasteiger partial charge in [0.25, 0.3) is 0 Å². The molecule has 0 N–H and O–H groups in total. The summed E-state index contributed by atoms with van der Waals surface area (Å²) in [6.45, 7) is -0.110. The molecule has 2 bridgehead atoms. The maximum atomic E-state index is 12.9. The molecule has 2 aliphatic carbocycles. The highest BCUT2D eigenvalue weighted by molar-refractivity contribution is 6.22. The number of imide groups is 1. The zero-order chi connectivity index (χ0) is 20.8. The van der Waals surface area contributed by atoms with Gasteiger partial charge in [0.15, 0.2) is 12.4 Å². The van der Waals surface area contributed by atoms with Crippen LogP contribution in [0.2, 0.25) is 0 Å². The van der Waals surface area contributed by atoms with Gasteiger partial charge in [0.1, 0.15) is 11.5 Å². The van der Waals surface area contributed by atoms with Gasteiger partial charge in [0.05, 0.1) is 24.6 Å². The number of amides is 2. The number of hydrogen-bond donors (Lipinski definition) is 0. The fourth-order valence-corrected chi connectivity index (χ4v) is 5.38. The molecular formula is C24H23NO5. The first kappa shape index (κ1) is 18.9. The van der Waals surface area contributed by atoms with Gasteiger partial charge in [-0.05, 0) is 67.5 Å². The molecule has 1 saturated heterocycles. The zero-order valence-corrected chi connectivity index (χ0v) is 16.7. The Labute approximate surface area is 174 Å². The molecule has 6 nitrogen and oxygen atoms in total. The summed E-state index contributed by atoms with van der Waals surface area (Å²) in [6.07, 6.45) is 3.15. The Balaban J connectivity index is 1.25. The van der Waals surface area contributed by atoms with E-state index in [2.05, 4.69) is 0 Å². The molecule has 2 aromatic carbocycles. The van der Waals surface area contributed by atoms with E-state index in [4.69, 9.17) is 9.47 Å². The van der Waals surface area contributed by atoms with Crippen LogP contribution in [0.15, 0.2) is 48.5 Å². The molecule has 3 fully saturated rings. The van der Waals surface area contributed by atoms with Gasteiger partial charge in [-0.25, -0.2) is 0 Å². The molecule has 4 atom stereocenters. The second-order valence-electron chi connectivity index (χ2n) is 8.33. The normalized spacial score (nSPS) is 26.8. The smallest absolute Gasteiger partial charge is 0.237 e. The maximum Gasteiger partial charge on any atom is 0.237 e. The number of carbonyl (C=O) groups excluding carboxylic acids is 3. The van der Waals surface area contributed by atoms with Gasteiger partial charge < -0.3 is 9.47 Å². The third-order valence-electron chi connectivity index (χ3n) is 6.78. The summed E-state index contributed by atoms with van der Waals surface area (Å²) >= 11 is 0. The van der Waals surface area contributed by atoms with Crippen LogP contribution in [0.1, 0.15) is 29.6 Å². The minimum atomic E-state index is -0.161.